The zero-order valence-electron chi connectivity index (χ0n) is 19.3. The molecule has 1 fully saturated rings. The maximum atomic E-state index is 13.3. The Labute approximate surface area is 197 Å². The SMILES string of the molecule is CC(F)Oc1ccc(C(=O)N2CCC(C(C)(C)S(=O)(=O)C3=CC=CC(C(F)(F)F)C3)CC2)cc1. The molecule has 0 saturated carbocycles. The Morgan fingerprint density at radius 1 is 1.12 bits per heavy atom. The molecule has 1 aliphatic heterocycles. The van der Waals surface area contributed by atoms with E-state index in [1.54, 1.807) is 30.9 Å². The molecule has 0 bridgehead atoms. The van der Waals surface area contributed by atoms with E-state index < -0.39 is 39.5 Å². The normalized spacial score (nSPS) is 21.2. The number of hydrogen-bond acceptors (Lipinski definition) is 4. The second-order valence-electron chi connectivity index (χ2n) is 9.23. The fourth-order valence-corrected chi connectivity index (χ4v) is 6.46. The van der Waals surface area contributed by atoms with Gasteiger partial charge in [0.15, 0.2) is 9.84 Å². The molecule has 1 aromatic rings. The smallest absolute Gasteiger partial charge is 0.395 e. The summed E-state index contributed by atoms with van der Waals surface area (Å²) in [6, 6.07) is 6.10. The van der Waals surface area contributed by atoms with Crippen molar-refractivity contribution in [3.05, 3.63) is 53.0 Å². The zero-order valence-corrected chi connectivity index (χ0v) is 20.1. The largest absolute Gasteiger partial charge is 0.461 e. The van der Waals surface area contributed by atoms with Crippen molar-refractivity contribution in [2.45, 2.75) is 57.3 Å². The van der Waals surface area contributed by atoms with Crippen LogP contribution in [-0.4, -0.2) is 49.6 Å². The number of carbonyl (C=O) groups excluding carboxylic acids is 1. The summed E-state index contributed by atoms with van der Waals surface area (Å²) in [6.45, 7) is 5.01. The number of alkyl halides is 4. The highest BCUT2D eigenvalue weighted by molar-refractivity contribution is 7.96. The van der Waals surface area contributed by atoms with E-state index in [0.717, 1.165) is 12.2 Å². The number of benzene rings is 1. The first kappa shape index (κ1) is 26.2. The zero-order chi connectivity index (χ0) is 25.3. The average molecular weight is 504 g/mol. The van der Waals surface area contributed by atoms with Crippen LogP contribution in [0.25, 0.3) is 0 Å². The van der Waals surface area contributed by atoms with Gasteiger partial charge in [-0.05, 0) is 69.4 Å². The fourth-order valence-electron chi connectivity index (χ4n) is 4.46. The van der Waals surface area contributed by atoms with Gasteiger partial charge >= 0.3 is 6.18 Å². The predicted octanol–water partition coefficient (Wildman–Crippen LogP) is 5.45. The van der Waals surface area contributed by atoms with E-state index in [9.17, 15) is 30.8 Å². The van der Waals surface area contributed by atoms with Gasteiger partial charge in [-0.3, -0.25) is 4.79 Å². The van der Waals surface area contributed by atoms with Crippen molar-refractivity contribution in [1.29, 1.82) is 0 Å². The number of hydrogen-bond donors (Lipinski definition) is 0. The van der Waals surface area contributed by atoms with Crippen LogP contribution in [0.1, 0.15) is 50.4 Å². The molecule has 1 amide bonds. The van der Waals surface area contributed by atoms with Crippen molar-refractivity contribution in [1.82, 2.24) is 4.90 Å². The van der Waals surface area contributed by atoms with E-state index in [-0.39, 0.29) is 16.7 Å². The van der Waals surface area contributed by atoms with Crippen molar-refractivity contribution >= 4 is 15.7 Å². The van der Waals surface area contributed by atoms with Crippen LogP contribution in [-0.2, 0) is 9.84 Å². The van der Waals surface area contributed by atoms with E-state index in [2.05, 4.69) is 0 Å². The number of sulfone groups is 1. The highest BCUT2D eigenvalue weighted by Crippen LogP contribution is 2.42. The quantitative estimate of drug-likeness (QED) is 0.485. The highest BCUT2D eigenvalue weighted by atomic mass is 32.2. The van der Waals surface area contributed by atoms with E-state index in [0.29, 0.717) is 37.2 Å². The van der Waals surface area contributed by atoms with Crippen molar-refractivity contribution in [3.63, 3.8) is 0 Å². The number of ether oxygens (including phenoxy) is 1. The lowest BCUT2D eigenvalue weighted by Gasteiger charge is -2.41. The molecule has 34 heavy (non-hydrogen) atoms. The number of allylic oxidation sites excluding steroid dienone is 4. The topological polar surface area (TPSA) is 63.7 Å². The molecule has 1 aliphatic carbocycles. The lowest BCUT2D eigenvalue weighted by atomic mass is 9.85. The summed E-state index contributed by atoms with van der Waals surface area (Å²) in [5.74, 6) is -2.06. The lowest BCUT2D eigenvalue weighted by Crippen LogP contribution is -2.48. The van der Waals surface area contributed by atoms with Gasteiger partial charge in [0, 0.05) is 30.5 Å². The summed E-state index contributed by atoms with van der Waals surface area (Å²) < 4.78 is 82.7. The standard InChI is InChI=1S/C24H29F4NO4S/c1-16(25)33-20-9-7-17(8-10-20)22(30)29-13-11-18(12-14-29)23(2,3)34(31,32)21-6-4-5-19(15-21)24(26,27)28/h4-10,16,18-19H,11-15H2,1-3H3. The first-order valence-corrected chi connectivity index (χ1v) is 12.6. The van der Waals surface area contributed by atoms with Gasteiger partial charge in [-0.2, -0.15) is 13.2 Å². The number of piperidine rings is 1. The Hall–Kier alpha value is -2.36. The van der Waals surface area contributed by atoms with Gasteiger partial charge in [0.05, 0.1) is 10.7 Å². The molecular formula is C24H29F4NO4S. The number of rotatable bonds is 6. The highest BCUT2D eigenvalue weighted by Gasteiger charge is 2.48. The molecule has 1 saturated heterocycles. The van der Waals surface area contributed by atoms with Crippen LogP contribution in [0.15, 0.2) is 47.4 Å². The Kier molecular flexibility index (Phi) is 7.50. The number of carbonyl (C=O) groups is 1. The van der Waals surface area contributed by atoms with Gasteiger partial charge in [-0.1, -0.05) is 12.2 Å². The Morgan fingerprint density at radius 2 is 1.71 bits per heavy atom. The Morgan fingerprint density at radius 3 is 2.24 bits per heavy atom. The molecule has 5 nitrogen and oxygen atoms in total. The number of halogens is 4. The third kappa shape index (κ3) is 5.47. The van der Waals surface area contributed by atoms with Crippen LogP contribution < -0.4 is 4.74 Å². The third-order valence-electron chi connectivity index (χ3n) is 6.67. The van der Waals surface area contributed by atoms with E-state index in [4.69, 9.17) is 4.74 Å². The number of amides is 1. The summed E-state index contributed by atoms with van der Waals surface area (Å²) in [7, 11) is -4.00. The summed E-state index contributed by atoms with van der Waals surface area (Å²) in [4.78, 5) is 14.3. The minimum atomic E-state index is -4.50. The maximum Gasteiger partial charge on any atom is 0.395 e. The summed E-state index contributed by atoms with van der Waals surface area (Å²) in [6.07, 6.45) is -2.35. The van der Waals surface area contributed by atoms with Gasteiger partial charge < -0.3 is 9.64 Å². The van der Waals surface area contributed by atoms with Crippen LogP contribution in [0.5, 0.6) is 5.75 Å². The minimum absolute atomic E-state index is 0.203. The molecule has 0 spiro atoms. The molecule has 2 unspecified atom stereocenters. The van der Waals surface area contributed by atoms with Gasteiger partial charge in [-0.25, -0.2) is 12.8 Å². The van der Waals surface area contributed by atoms with Crippen LogP contribution in [0.3, 0.4) is 0 Å². The molecule has 0 aromatic heterocycles. The van der Waals surface area contributed by atoms with Crippen LogP contribution in [0, 0.1) is 11.8 Å². The Balaban J connectivity index is 1.66. The van der Waals surface area contributed by atoms with Crippen LogP contribution >= 0.6 is 0 Å². The fraction of sp³-hybridized carbons (Fsp3) is 0.542. The second kappa shape index (κ2) is 9.71. The van der Waals surface area contributed by atoms with Gasteiger partial charge in [0.25, 0.3) is 5.91 Å². The lowest BCUT2D eigenvalue weighted by molar-refractivity contribution is -0.160. The minimum Gasteiger partial charge on any atom is -0.461 e. The molecule has 2 atom stereocenters. The first-order chi connectivity index (χ1) is 15.7. The van der Waals surface area contributed by atoms with Crippen molar-refractivity contribution < 1.29 is 35.5 Å². The van der Waals surface area contributed by atoms with E-state index in [1.807, 2.05) is 0 Å². The second-order valence-corrected chi connectivity index (χ2v) is 11.8. The molecule has 0 radical (unpaired) electrons. The van der Waals surface area contributed by atoms with E-state index >= 15 is 0 Å². The van der Waals surface area contributed by atoms with Crippen molar-refractivity contribution in [2.75, 3.05) is 13.1 Å². The molecule has 2 aliphatic rings. The third-order valence-corrected chi connectivity index (χ3v) is 9.38. The van der Waals surface area contributed by atoms with Crippen molar-refractivity contribution in [3.8, 4) is 5.75 Å². The summed E-state index contributed by atoms with van der Waals surface area (Å²) in [5, 5.41) is 0. The van der Waals surface area contributed by atoms with E-state index in [1.165, 1.54) is 25.1 Å². The number of nitrogens with zero attached hydrogens (tertiary/aromatic N) is 1. The first-order valence-electron chi connectivity index (χ1n) is 11.1. The van der Waals surface area contributed by atoms with Crippen LogP contribution in [0.4, 0.5) is 17.6 Å². The van der Waals surface area contributed by atoms with Crippen molar-refractivity contribution in [2.24, 2.45) is 11.8 Å². The monoisotopic (exact) mass is 503 g/mol. The van der Waals surface area contributed by atoms with Crippen LogP contribution in [0.2, 0.25) is 0 Å². The summed E-state index contributed by atoms with van der Waals surface area (Å²) in [5.41, 5.74) is 0.404. The van der Waals surface area contributed by atoms with Gasteiger partial charge in [0.1, 0.15) is 5.75 Å². The molecule has 10 heteroatoms. The average Bonchev–Trinajstić information content (AvgIpc) is 2.78. The van der Waals surface area contributed by atoms with Gasteiger partial charge in [-0.15, -0.1) is 0 Å². The predicted molar refractivity (Wildman–Crippen MR) is 121 cm³/mol. The summed E-state index contributed by atoms with van der Waals surface area (Å²) >= 11 is 0. The maximum absolute atomic E-state index is 13.3. The number of likely N-dealkylation sites (tertiary alicyclic amines) is 1. The molecule has 188 valence electrons. The molecule has 1 aromatic carbocycles. The molecule has 0 N–H and O–H groups in total. The molecular weight excluding hydrogens is 474 g/mol. The molecule has 3 rings (SSSR count). The Bertz CT molecular complexity index is 1050. The molecule has 1 heterocycles. The van der Waals surface area contributed by atoms with Gasteiger partial charge in [0.2, 0.25) is 6.36 Å².